The van der Waals surface area contributed by atoms with Gasteiger partial charge in [0.1, 0.15) is 5.75 Å². The molecule has 0 spiro atoms. The van der Waals surface area contributed by atoms with Crippen molar-refractivity contribution in [2.75, 3.05) is 7.11 Å². The van der Waals surface area contributed by atoms with E-state index >= 15 is 0 Å². The SMILES string of the molecule is COc1ccc2c(c1)CC2(C#N)CC(C)(C)C. The Morgan fingerprint density at radius 1 is 1.41 bits per heavy atom. The van der Waals surface area contributed by atoms with Crippen LogP contribution in [0.25, 0.3) is 0 Å². The standard InChI is InChI=1S/C15H19NO/c1-14(2,3)9-15(10-16)8-11-7-12(17-4)5-6-13(11)15/h5-7H,8-9H2,1-4H3. The first kappa shape index (κ1) is 12.0. The largest absolute Gasteiger partial charge is 0.497 e. The van der Waals surface area contributed by atoms with Crippen molar-refractivity contribution in [2.45, 2.75) is 39.0 Å². The Bertz CT molecular complexity index is 479. The van der Waals surface area contributed by atoms with Gasteiger partial charge >= 0.3 is 0 Å². The van der Waals surface area contributed by atoms with Crippen LogP contribution < -0.4 is 4.74 Å². The Morgan fingerprint density at radius 3 is 2.59 bits per heavy atom. The Balaban J connectivity index is 2.33. The van der Waals surface area contributed by atoms with Gasteiger partial charge in [-0.3, -0.25) is 0 Å². The van der Waals surface area contributed by atoms with E-state index < -0.39 is 0 Å². The lowest BCUT2D eigenvalue weighted by molar-refractivity contribution is 0.274. The van der Waals surface area contributed by atoms with Gasteiger partial charge in [0, 0.05) is 0 Å². The molecule has 1 aromatic carbocycles. The van der Waals surface area contributed by atoms with Gasteiger partial charge < -0.3 is 4.74 Å². The van der Waals surface area contributed by atoms with Crippen molar-refractivity contribution in [3.8, 4) is 11.8 Å². The van der Waals surface area contributed by atoms with E-state index in [1.165, 1.54) is 11.1 Å². The molecule has 1 atom stereocenters. The first-order valence-corrected chi connectivity index (χ1v) is 5.99. The van der Waals surface area contributed by atoms with E-state index in [2.05, 4.69) is 26.8 Å². The summed E-state index contributed by atoms with van der Waals surface area (Å²) in [4.78, 5) is 0. The molecule has 0 amide bonds. The van der Waals surface area contributed by atoms with Gasteiger partial charge in [-0.2, -0.15) is 5.26 Å². The summed E-state index contributed by atoms with van der Waals surface area (Å²) in [6, 6.07) is 8.57. The lowest BCUT2D eigenvalue weighted by Gasteiger charge is -2.42. The molecule has 0 aromatic heterocycles. The second kappa shape index (κ2) is 3.77. The summed E-state index contributed by atoms with van der Waals surface area (Å²) in [7, 11) is 1.67. The average molecular weight is 229 g/mol. The summed E-state index contributed by atoms with van der Waals surface area (Å²) in [5, 5.41) is 9.49. The normalized spacial score (nSPS) is 22.3. The highest BCUT2D eigenvalue weighted by Gasteiger charge is 2.45. The summed E-state index contributed by atoms with van der Waals surface area (Å²) in [5.41, 5.74) is 2.35. The zero-order valence-electron chi connectivity index (χ0n) is 11.0. The number of ether oxygens (including phenoxy) is 1. The van der Waals surface area contributed by atoms with Gasteiger partial charge in [-0.25, -0.2) is 0 Å². The van der Waals surface area contributed by atoms with Crippen LogP contribution in [-0.2, 0) is 11.8 Å². The fourth-order valence-electron chi connectivity index (χ4n) is 2.83. The Morgan fingerprint density at radius 2 is 2.12 bits per heavy atom. The highest BCUT2D eigenvalue weighted by Crippen LogP contribution is 2.48. The van der Waals surface area contributed by atoms with Gasteiger partial charge in [0.15, 0.2) is 0 Å². The van der Waals surface area contributed by atoms with E-state index in [0.717, 1.165) is 18.6 Å². The summed E-state index contributed by atoms with van der Waals surface area (Å²) in [5.74, 6) is 0.881. The molecule has 0 fully saturated rings. The molecule has 0 bridgehead atoms. The average Bonchev–Trinajstić information content (AvgIpc) is 2.23. The van der Waals surface area contributed by atoms with E-state index in [1.54, 1.807) is 7.11 Å². The third kappa shape index (κ3) is 2.02. The third-order valence-corrected chi connectivity index (χ3v) is 3.37. The Labute approximate surface area is 103 Å². The molecule has 0 heterocycles. The van der Waals surface area contributed by atoms with Gasteiger partial charge in [0.05, 0.1) is 18.6 Å². The molecule has 2 nitrogen and oxygen atoms in total. The number of nitrogens with zero attached hydrogens (tertiary/aromatic N) is 1. The number of nitriles is 1. The van der Waals surface area contributed by atoms with E-state index in [0.29, 0.717) is 0 Å². The maximum Gasteiger partial charge on any atom is 0.119 e. The fraction of sp³-hybridized carbons (Fsp3) is 0.533. The van der Waals surface area contributed by atoms with Crippen molar-refractivity contribution in [2.24, 2.45) is 5.41 Å². The maximum absolute atomic E-state index is 9.49. The molecule has 1 aromatic rings. The molecule has 0 N–H and O–H groups in total. The topological polar surface area (TPSA) is 33.0 Å². The third-order valence-electron chi connectivity index (χ3n) is 3.37. The van der Waals surface area contributed by atoms with E-state index in [4.69, 9.17) is 4.74 Å². The van der Waals surface area contributed by atoms with Crippen LogP contribution in [0, 0.1) is 16.7 Å². The second-order valence-corrected chi connectivity index (χ2v) is 6.13. The highest BCUT2D eigenvalue weighted by molar-refractivity contribution is 5.53. The van der Waals surface area contributed by atoms with Gasteiger partial charge in [0.2, 0.25) is 0 Å². The number of hydrogen-bond donors (Lipinski definition) is 0. The van der Waals surface area contributed by atoms with Crippen LogP contribution in [0.2, 0.25) is 0 Å². The van der Waals surface area contributed by atoms with Crippen molar-refractivity contribution >= 4 is 0 Å². The minimum atomic E-state index is -0.278. The molecule has 0 saturated heterocycles. The number of benzene rings is 1. The van der Waals surface area contributed by atoms with Crippen LogP contribution in [-0.4, -0.2) is 7.11 Å². The summed E-state index contributed by atoms with van der Waals surface area (Å²) in [6.07, 6.45) is 1.77. The van der Waals surface area contributed by atoms with E-state index in [9.17, 15) is 5.26 Å². The zero-order valence-corrected chi connectivity index (χ0v) is 11.0. The monoisotopic (exact) mass is 229 g/mol. The Kier molecular flexibility index (Phi) is 2.66. The molecule has 17 heavy (non-hydrogen) atoms. The maximum atomic E-state index is 9.49. The molecule has 1 aliphatic rings. The van der Waals surface area contributed by atoms with Gasteiger partial charge in [-0.05, 0) is 41.5 Å². The molecular weight excluding hydrogens is 210 g/mol. The molecule has 1 unspecified atom stereocenters. The summed E-state index contributed by atoms with van der Waals surface area (Å²) >= 11 is 0. The van der Waals surface area contributed by atoms with E-state index in [1.807, 2.05) is 18.2 Å². The minimum Gasteiger partial charge on any atom is -0.497 e. The molecule has 2 rings (SSSR count). The van der Waals surface area contributed by atoms with Crippen LogP contribution in [0.3, 0.4) is 0 Å². The Hall–Kier alpha value is -1.49. The van der Waals surface area contributed by atoms with Crippen LogP contribution in [0.4, 0.5) is 0 Å². The number of fused-ring (bicyclic) bond motifs is 1. The summed E-state index contributed by atoms with van der Waals surface area (Å²) < 4.78 is 5.20. The van der Waals surface area contributed by atoms with Gasteiger partial charge in [-0.15, -0.1) is 0 Å². The van der Waals surface area contributed by atoms with Gasteiger partial charge in [-0.1, -0.05) is 26.8 Å². The molecule has 0 saturated carbocycles. The van der Waals surface area contributed by atoms with Crippen LogP contribution in [0.15, 0.2) is 18.2 Å². The lowest BCUT2D eigenvalue weighted by atomic mass is 9.59. The van der Waals surface area contributed by atoms with Crippen molar-refractivity contribution in [3.63, 3.8) is 0 Å². The number of rotatable bonds is 2. The predicted octanol–water partition coefficient (Wildman–Crippen LogP) is 3.45. The number of methoxy groups -OCH3 is 1. The van der Waals surface area contributed by atoms with Crippen molar-refractivity contribution in [1.82, 2.24) is 0 Å². The van der Waals surface area contributed by atoms with Crippen LogP contribution >= 0.6 is 0 Å². The lowest BCUT2D eigenvalue weighted by Crippen LogP contribution is -2.40. The minimum absolute atomic E-state index is 0.174. The van der Waals surface area contributed by atoms with Crippen LogP contribution in [0.1, 0.15) is 38.3 Å². The van der Waals surface area contributed by atoms with Crippen LogP contribution in [0.5, 0.6) is 5.75 Å². The first-order valence-electron chi connectivity index (χ1n) is 5.99. The molecule has 90 valence electrons. The first-order chi connectivity index (χ1) is 7.90. The fourth-order valence-corrected chi connectivity index (χ4v) is 2.83. The smallest absolute Gasteiger partial charge is 0.119 e. The quantitative estimate of drug-likeness (QED) is 0.778. The van der Waals surface area contributed by atoms with Crippen molar-refractivity contribution in [1.29, 1.82) is 5.26 Å². The van der Waals surface area contributed by atoms with Crippen molar-refractivity contribution in [3.05, 3.63) is 29.3 Å². The molecular formula is C15H19NO. The number of hydrogen-bond acceptors (Lipinski definition) is 2. The molecule has 2 heteroatoms. The van der Waals surface area contributed by atoms with E-state index in [-0.39, 0.29) is 10.8 Å². The van der Waals surface area contributed by atoms with Gasteiger partial charge in [0.25, 0.3) is 0 Å². The second-order valence-electron chi connectivity index (χ2n) is 6.13. The molecule has 0 aliphatic heterocycles. The molecule has 0 radical (unpaired) electrons. The highest BCUT2D eigenvalue weighted by atomic mass is 16.5. The predicted molar refractivity (Wildman–Crippen MR) is 68.1 cm³/mol. The van der Waals surface area contributed by atoms with Crippen molar-refractivity contribution < 1.29 is 4.74 Å². The zero-order chi connectivity index (χ0) is 12.7. The summed E-state index contributed by atoms with van der Waals surface area (Å²) in [6.45, 7) is 6.56. The molecule has 1 aliphatic carbocycles.